The van der Waals surface area contributed by atoms with Gasteiger partial charge in [-0.1, -0.05) is 11.6 Å². The monoisotopic (exact) mass is 389 g/mol. The van der Waals surface area contributed by atoms with Gasteiger partial charge in [0.1, 0.15) is 0 Å². The van der Waals surface area contributed by atoms with Gasteiger partial charge in [0, 0.05) is 30.2 Å². The Morgan fingerprint density at radius 1 is 1.07 bits per heavy atom. The van der Waals surface area contributed by atoms with Crippen molar-refractivity contribution in [2.24, 2.45) is 0 Å². The van der Waals surface area contributed by atoms with Crippen LogP contribution in [0.2, 0.25) is 5.02 Å². The van der Waals surface area contributed by atoms with Gasteiger partial charge in [-0.25, -0.2) is 0 Å². The lowest BCUT2D eigenvalue weighted by Gasteiger charge is -2.21. The Morgan fingerprint density at radius 2 is 1.81 bits per heavy atom. The topological polar surface area (TPSA) is 66.0 Å². The average molecular weight is 390 g/mol. The predicted octanol–water partition coefficient (Wildman–Crippen LogP) is 4.65. The number of nitrogens with one attached hydrogen (secondary N) is 1. The van der Waals surface area contributed by atoms with Gasteiger partial charge < -0.3 is 24.3 Å². The highest BCUT2D eigenvalue weighted by Crippen LogP contribution is 2.47. The molecule has 0 unspecified atom stereocenters. The van der Waals surface area contributed by atoms with Crippen molar-refractivity contribution in [2.75, 3.05) is 19.5 Å². The number of hydrogen-bond donors (Lipinski definition) is 1. The molecule has 0 saturated heterocycles. The van der Waals surface area contributed by atoms with Gasteiger partial charge in [0.25, 0.3) is 11.7 Å². The van der Waals surface area contributed by atoms with Gasteiger partial charge in [-0.15, -0.1) is 0 Å². The Balaban J connectivity index is 1.54. The van der Waals surface area contributed by atoms with E-state index >= 15 is 0 Å². The summed E-state index contributed by atoms with van der Waals surface area (Å²) in [4.78, 5) is 12.6. The minimum atomic E-state index is -0.526. The highest BCUT2D eigenvalue weighted by molar-refractivity contribution is 6.32. The van der Waals surface area contributed by atoms with Gasteiger partial charge in [-0.2, -0.15) is 0 Å². The van der Waals surface area contributed by atoms with Crippen molar-refractivity contribution >= 4 is 23.2 Å². The summed E-state index contributed by atoms with van der Waals surface area (Å²) < 4.78 is 22.5. The zero-order valence-corrected chi connectivity index (χ0v) is 15.9. The van der Waals surface area contributed by atoms with Crippen LogP contribution in [0, 0.1) is 0 Å². The molecule has 2 aromatic rings. The van der Waals surface area contributed by atoms with Crippen LogP contribution in [-0.4, -0.2) is 25.9 Å². The van der Waals surface area contributed by atoms with E-state index < -0.39 is 5.79 Å². The standard InChI is InChI=1S/C20H20ClNO5/c1-24-17-10-12(9-14(21)18(17)25-2)19(23)22-13-5-6-15-16(11-13)27-20(26-15)7-3-4-8-20/h5-6,9-11H,3-4,7-8H2,1-2H3,(H,22,23). The summed E-state index contributed by atoms with van der Waals surface area (Å²) in [5, 5.41) is 3.16. The smallest absolute Gasteiger partial charge is 0.255 e. The fourth-order valence-electron chi connectivity index (χ4n) is 3.54. The molecule has 2 aliphatic rings. The maximum atomic E-state index is 12.6. The number of ether oxygens (including phenoxy) is 4. The molecule has 1 N–H and O–H groups in total. The molecule has 0 bridgehead atoms. The van der Waals surface area contributed by atoms with E-state index in [1.807, 2.05) is 6.07 Å². The first-order valence-corrected chi connectivity index (χ1v) is 9.16. The maximum Gasteiger partial charge on any atom is 0.255 e. The SMILES string of the molecule is COc1cc(C(=O)Nc2ccc3c(c2)OC2(CCCC2)O3)cc(Cl)c1OC. The number of hydrogen-bond acceptors (Lipinski definition) is 5. The van der Waals surface area contributed by atoms with Gasteiger partial charge in [-0.3, -0.25) is 4.79 Å². The van der Waals surface area contributed by atoms with Crippen LogP contribution in [0.1, 0.15) is 36.0 Å². The molecule has 0 aromatic heterocycles. The molecule has 1 amide bonds. The summed E-state index contributed by atoms with van der Waals surface area (Å²) in [7, 11) is 2.99. The van der Waals surface area contributed by atoms with Gasteiger partial charge in [0.2, 0.25) is 0 Å². The van der Waals surface area contributed by atoms with Crippen molar-refractivity contribution in [1.29, 1.82) is 0 Å². The molecule has 0 radical (unpaired) electrons. The normalized spacial score (nSPS) is 16.4. The first-order valence-electron chi connectivity index (χ1n) is 8.78. The van der Waals surface area contributed by atoms with E-state index in [2.05, 4.69) is 5.32 Å². The Morgan fingerprint density at radius 3 is 2.52 bits per heavy atom. The largest absolute Gasteiger partial charge is 0.493 e. The van der Waals surface area contributed by atoms with Crippen LogP contribution < -0.4 is 24.3 Å². The van der Waals surface area contributed by atoms with E-state index in [1.54, 1.807) is 24.3 Å². The second kappa shape index (κ2) is 6.85. The number of halogens is 1. The number of carbonyl (C=O) groups is 1. The quantitative estimate of drug-likeness (QED) is 0.824. The number of benzene rings is 2. The molecule has 0 atom stereocenters. The summed E-state index contributed by atoms with van der Waals surface area (Å²) in [5.41, 5.74) is 0.978. The molecule has 1 spiro atoms. The van der Waals surface area contributed by atoms with E-state index in [1.165, 1.54) is 14.2 Å². The molecule has 2 aromatic carbocycles. The van der Waals surface area contributed by atoms with E-state index in [9.17, 15) is 4.79 Å². The lowest BCUT2D eigenvalue weighted by Crippen LogP contribution is -2.34. The molecule has 27 heavy (non-hydrogen) atoms. The van der Waals surface area contributed by atoms with E-state index in [4.69, 9.17) is 30.5 Å². The van der Waals surface area contributed by atoms with Crippen LogP contribution in [-0.2, 0) is 0 Å². The van der Waals surface area contributed by atoms with Crippen LogP contribution in [0.15, 0.2) is 30.3 Å². The first-order chi connectivity index (χ1) is 13.0. The Labute approximate surface area is 162 Å². The molecule has 7 heteroatoms. The van der Waals surface area contributed by atoms with Crippen LogP contribution in [0.25, 0.3) is 0 Å². The Kier molecular flexibility index (Phi) is 4.52. The number of rotatable bonds is 4. The first kappa shape index (κ1) is 17.8. The molecular weight excluding hydrogens is 370 g/mol. The average Bonchev–Trinajstić information content (AvgIpc) is 3.26. The molecule has 1 saturated carbocycles. The van der Waals surface area contributed by atoms with Crippen LogP contribution >= 0.6 is 11.6 Å². The van der Waals surface area contributed by atoms with Crippen LogP contribution in [0.5, 0.6) is 23.0 Å². The van der Waals surface area contributed by atoms with Gasteiger partial charge in [0.05, 0.1) is 19.2 Å². The number of anilines is 1. The van der Waals surface area contributed by atoms with Crippen LogP contribution in [0.4, 0.5) is 5.69 Å². The summed E-state index contributed by atoms with van der Waals surface area (Å²) in [6, 6.07) is 8.51. The lowest BCUT2D eigenvalue weighted by molar-refractivity contribution is -0.0716. The third kappa shape index (κ3) is 3.25. The third-order valence-electron chi connectivity index (χ3n) is 4.85. The van der Waals surface area contributed by atoms with Gasteiger partial charge in [0.15, 0.2) is 23.0 Å². The number of methoxy groups -OCH3 is 2. The van der Waals surface area contributed by atoms with Gasteiger partial charge in [-0.05, 0) is 37.1 Å². The van der Waals surface area contributed by atoms with Gasteiger partial charge >= 0.3 is 0 Å². The Bertz CT molecular complexity index is 892. The number of amides is 1. The molecule has 4 rings (SSSR count). The summed E-state index contributed by atoms with van der Waals surface area (Å²) in [6.07, 6.45) is 3.95. The molecule has 1 fully saturated rings. The number of carbonyl (C=O) groups excluding carboxylic acids is 1. The fourth-order valence-corrected chi connectivity index (χ4v) is 3.83. The summed E-state index contributed by atoms with van der Waals surface area (Å²) >= 11 is 6.18. The highest BCUT2D eigenvalue weighted by Gasteiger charge is 2.44. The van der Waals surface area contributed by atoms with Crippen LogP contribution in [0.3, 0.4) is 0 Å². The minimum Gasteiger partial charge on any atom is -0.493 e. The fraction of sp³-hybridized carbons (Fsp3) is 0.350. The van der Waals surface area contributed by atoms with Crippen molar-refractivity contribution < 1.29 is 23.7 Å². The predicted molar refractivity (Wildman–Crippen MR) is 101 cm³/mol. The van der Waals surface area contributed by atoms with Crippen molar-refractivity contribution in [2.45, 2.75) is 31.5 Å². The number of fused-ring (bicyclic) bond motifs is 1. The highest BCUT2D eigenvalue weighted by atomic mass is 35.5. The van der Waals surface area contributed by atoms with E-state index in [0.29, 0.717) is 39.3 Å². The minimum absolute atomic E-state index is 0.302. The van der Waals surface area contributed by atoms with Crippen molar-refractivity contribution in [3.8, 4) is 23.0 Å². The molecule has 142 valence electrons. The third-order valence-corrected chi connectivity index (χ3v) is 5.14. The molecular formula is C20H20ClNO5. The molecule has 1 aliphatic carbocycles. The maximum absolute atomic E-state index is 12.6. The second-order valence-electron chi connectivity index (χ2n) is 6.63. The van der Waals surface area contributed by atoms with Crippen molar-refractivity contribution in [1.82, 2.24) is 0 Å². The molecule has 1 heterocycles. The van der Waals surface area contributed by atoms with E-state index in [-0.39, 0.29) is 5.91 Å². The van der Waals surface area contributed by atoms with E-state index in [0.717, 1.165) is 25.7 Å². The molecule has 6 nitrogen and oxygen atoms in total. The van der Waals surface area contributed by atoms with Crippen molar-refractivity contribution in [3.63, 3.8) is 0 Å². The second-order valence-corrected chi connectivity index (χ2v) is 7.04. The molecule has 1 aliphatic heterocycles. The Hall–Kier alpha value is -2.60. The summed E-state index contributed by atoms with van der Waals surface area (Å²) in [5.74, 6) is 1.31. The van der Waals surface area contributed by atoms with Crippen molar-refractivity contribution in [3.05, 3.63) is 40.9 Å². The zero-order valence-electron chi connectivity index (χ0n) is 15.1. The summed E-state index contributed by atoms with van der Waals surface area (Å²) in [6.45, 7) is 0. The zero-order chi connectivity index (χ0) is 19.0. The lowest BCUT2D eigenvalue weighted by atomic mass is 10.1.